The summed E-state index contributed by atoms with van der Waals surface area (Å²) in [7, 11) is 1.64. The number of benzene rings is 2. The van der Waals surface area contributed by atoms with Gasteiger partial charge >= 0.3 is 0 Å². The molecule has 1 aliphatic rings. The van der Waals surface area contributed by atoms with Gasteiger partial charge in [0.1, 0.15) is 11.4 Å². The molecule has 0 aromatic heterocycles. The maximum atomic E-state index is 12.4. The monoisotopic (exact) mass is 339 g/mol. The van der Waals surface area contributed by atoms with Crippen LogP contribution in [0.3, 0.4) is 0 Å². The second-order valence-corrected chi connectivity index (χ2v) is 6.86. The summed E-state index contributed by atoms with van der Waals surface area (Å²) in [6.07, 6.45) is 2.16. The molecule has 1 aliphatic carbocycles. The number of rotatable bonds is 6. The van der Waals surface area contributed by atoms with Crippen molar-refractivity contribution in [2.45, 2.75) is 31.8 Å². The molecule has 2 unspecified atom stereocenters. The highest BCUT2D eigenvalue weighted by molar-refractivity contribution is 5.78. The fourth-order valence-electron chi connectivity index (χ4n) is 3.47. The van der Waals surface area contributed by atoms with Crippen molar-refractivity contribution in [3.8, 4) is 5.75 Å². The van der Waals surface area contributed by atoms with Crippen LogP contribution < -0.4 is 10.1 Å². The first-order valence-corrected chi connectivity index (χ1v) is 8.73. The fourth-order valence-corrected chi connectivity index (χ4v) is 3.47. The van der Waals surface area contributed by atoms with E-state index in [2.05, 4.69) is 5.32 Å². The van der Waals surface area contributed by atoms with Gasteiger partial charge in [0.05, 0.1) is 13.7 Å². The number of carbonyl (C=O) groups excluding carboxylic acids is 1. The Kier molecular flexibility index (Phi) is 5.09. The van der Waals surface area contributed by atoms with Gasteiger partial charge in [-0.3, -0.25) is 4.79 Å². The normalized spacial score (nSPS) is 20.0. The molecule has 0 heterocycles. The molecular formula is C21H25NO3. The third kappa shape index (κ3) is 3.85. The summed E-state index contributed by atoms with van der Waals surface area (Å²) in [4.78, 5) is 12.4. The summed E-state index contributed by atoms with van der Waals surface area (Å²) in [5, 5.41) is 13.8. The summed E-state index contributed by atoms with van der Waals surface area (Å²) in [5.41, 5.74) is 2.25. The molecule has 0 spiro atoms. The van der Waals surface area contributed by atoms with Crippen molar-refractivity contribution in [3.63, 3.8) is 0 Å². The standard InChI is InChI=1S/C21H25NO3/c1-15(13-16-7-9-18(25-2)10-8-16)20(23)22-14-21(24)12-11-17-5-3-4-6-19(17)21/h3-10,15,24H,11-14H2,1-2H3,(H,22,23). The van der Waals surface area contributed by atoms with Crippen molar-refractivity contribution in [1.82, 2.24) is 5.32 Å². The lowest BCUT2D eigenvalue weighted by atomic mass is 9.95. The molecular weight excluding hydrogens is 314 g/mol. The first-order valence-electron chi connectivity index (χ1n) is 8.73. The molecule has 4 heteroatoms. The molecule has 2 aromatic carbocycles. The Morgan fingerprint density at radius 3 is 2.68 bits per heavy atom. The Bertz CT molecular complexity index is 741. The van der Waals surface area contributed by atoms with Crippen molar-refractivity contribution >= 4 is 5.91 Å². The number of fused-ring (bicyclic) bond motifs is 1. The lowest BCUT2D eigenvalue weighted by molar-refractivity contribution is -0.125. The maximum Gasteiger partial charge on any atom is 0.223 e. The molecule has 0 fully saturated rings. The van der Waals surface area contributed by atoms with Crippen LogP contribution in [-0.2, 0) is 23.2 Å². The molecule has 132 valence electrons. The number of hydrogen-bond acceptors (Lipinski definition) is 3. The third-order valence-corrected chi connectivity index (χ3v) is 5.03. The van der Waals surface area contributed by atoms with E-state index in [0.29, 0.717) is 12.8 Å². The zero-order valence-corrected chi connectivity index (χ0v) is 14.8. The molecule has 2 atom stereocenters. The van der Waals surface area contributed by atoms with E-state index in [1.165, 1.54) is 5.56 Å². The second kappa shape index (κ2) is 7.28. The van der Waals surface area contributed by atoms with Crippen LogP contribution in [-0.4, -0.2) is 24.7 Å². The van der Waals surface area contributed by atoms with Gasteiger partial charge in [-0.05, 0) is 48.1 Å². The Morgan fingerprint density at radius 2 is 1.96 bits per heavy atom. The van der Waals surface area contributed by atoms with Gasteiger partial charge in [0.2, 0.25) is 5.91 Å². The van der Waals surface area contributed by atoms with E-state index in [0.717, 1.165) is 23.3 Å². The molecule has 2 aromatic rings. The Hall–Kier alpha value is -2.33. The molecule has 0 aliphatic heterocycles. The van der Waals surface area contributed by atoms with E-state index in [9.17, 15) is 9.90 Å². The zero-order valence-electron chi connectivity index (χ0n) is 14.8. The lowest BCUT2D eigenvalue weighted by Crippen LogP contribution is -2.41. The summed E-state index contributed by atoms with van der Waals surface area (Å²) in [6.45, 7) is 2.17. The SMILES string of the molecule is COc1ccc(CC(C)C(=O)NCC2(O)CCc3ccccc32)cc1. The van der Waals surface area contributed by atoms with Crippen molar-refractivity contribution in [2.75, 3.05) is 13.7 Å². The third-order valence-electron chi connectivity index (χ3n) is 5.03. The highest BCUT2D eigenvalue weighted by Crippen LogP contribution is 2.36. The van der Waals surface area contributed by atoms with Gasteiger partial charge in [0.15, 0.2) is 0 Å². The first-order chi connectivity index (χ1) is 12.0. The number of amides is 1. The van der Waals surface area contributed by atoms with Crippen molar-refractivity contribution in [2.24, 2.45) is 5.92 Å². The predicted octanol–water partition coefficient (Wildman–Crippen LogP) is 2.82. The van der Waals surface area contributed by atoms with Crippen LogP contribution in [0.1, 0.15) is 30.0 Å². The van der Waals surface area contributed by atoms with Crippen molar-refractivity contribution in [3.05, 3.63) is 65.2 Å². The van der Waals surface area contributed by atoms with Gasteiger partial charge in [0.25, 0.3) is 0 Å². The number of methoxy groups -OCH3 is 1. The summed E-state index contributed by atoms with van der Waals surface area (Å²) in [6, 6.07) is 15.7. The maximum absolute atomic E-state index is 12.4. The van der Waals surface area contributed by atoms with Gasteiger partial charge in [-0.25, -0.2) is 0 Å². The number of ether oxygens (including phenoxy) is 1. The van der Waals surface area contributed by atoms with E-state index < -0.39 is 5.60 Å². The second-order valence-electron chi connectivity index (χ2n) is 6.86. The van der Waals surface area contributed by atoms with E-state index in [4.69, 9.17) is 4.74 Å². The van der Waals surface area contributed by atoms with Crippen LogP contribution in [0.4, 0.5) is 0 Å². The summed E-state index contributed by atoms with van der Waals surface area (Å²) >= 11 is 0. The molecule has 4 nitrogen and oxygen atoms in total. The average molecular weight is 339 g/mol. The van der Waals surface area contributed by atoms with Gasteiger partial charge in [-0.1, -0.05) is 43.3 Å². The Balaban J connectivity index is 1.57. The minimum atomic E-state index is -0.952. The van der Waals surface area contributed by atoms with Crippen molar-refractivity contribution in [1.29, 1.82) is 0 Å². The smallest absolute Gasteiger partial charge is 0.223 e. The molecule has 2 N–H and O–H groups in total. The minimum absolute atomic E-state index is 0.0337. The first kappa shape index (κ1) is 17.5. The zero-order chi connectivity index (χ0) is 17.9. The number of aryl methyl sites for hydroxylation is 1. The van der Waals surface area contributed by atoms with Crippen LogP contribution in [0.5, 0.6) is 5.75 Å². The summed E-state index contributed by atoms with van der Waals surface area (Å²) < 4.78 is 5.15. The van der Waals surface area contributed by atoms with Crippen LogP contribution in [0.15, 0.2) is 48.5 Å². The van der Waals surface area contributed by atoms with Crippen LogP contribution in [0.25, 0.3) is 0 Å². The van der Waals surface area contributed by atoms with E-state index in [1.54, 1.807) is 7.11 Å². The predicted molar refractivity (Wildman–Crippen MR) is 97.5 cm³/mol. The molecule has 1 amide bonds. The van der Waals surface area contributed by atoms with Gasteiger partial charge < -0.3 is 15.2 Å². The molecule has 0 bridgehead atoms. The topological polar surface area (TPSA) is 58.6 Å². The highest BCUT2D eigenvalue weighted by atomic mass is 16.5. The Morgan fingerprint density at radius 1 is 1.24 bits per heavy atom. The van der Waals surface area contributed by atoms with Crippen LogP contribution in [0.2, 0.25) is 0 Å². The van der Waals surface area contributed by atoms with E-state index in [-0.39, 0.29) is 18.4 Å². The van der Waals surface area contributed by atoms with Crippen molar-refractivity contribution < 1.29 is 14.6 Å². The molecule has 3 rings (SSSR count). The van der Waals surface area contributed by atoms with E-state index >= 15 is 0 Å². The highest BCUT2D eigenvalue weighted by Gasteiger charge is 2.36. The molecule has 25 heavy (non-hydrogen) atoms. The molecule has 0 saturated heterocycles. The quantitative estimate of drug-likeness (QED) is 0.851. The summed E-state index contributed by atoms with van der Waals surface area (Å²) in [5.74, 6) is 0.616. The van der Waals surface area contributed by atoms with Gasteiger partial charge in [-0.15, -0.1) is 0 Å². The van der Waals surface area contributed by atoms with E-state index in [1.807, 2.05) is 55.5 Å². The number of aliphatic hydroxyl groups is 1. The number of carbonyl (C=O) groups is 1. The minimum Gasteiger partial charge on any atom is -0.497 e. The molecule has 0 radical (unpaired) electrons. The van der Waals surface area contributed by atoms with Crippen LogP contribution in [0, 0.1) is 5.92 Å². The lowest BCUT2D eigenvalue weighted by Gasteiger charge is -2.25. The largest absolute Gasteiger partial charge is 0.497 e. The van der Waals surface area contributed by atoms with Crippen LogP contribution >= 0.6 is 0 Å². The number of hydrogen-bond donors (Lipinski definition) is 2. The fraction of sp³-hybridized carbons (Fsp3) is 0.381. The van der Waals surface area contributed by atoms with Gasteiger partial charge in [0, 0.05) is 5.92 Å². The Labute approximate surface area is 148 Å². The number of nitrogens with one attached hydrogen (secondary N) is 1. The van der Waals surface area contributed by atoms with Gasteiger partial charge in [-0.2, -0.15) is 0 Å². The molecule has 0 saturated carbocycles. The average Bonchev–Trinajstić information content (AvgIpc) is 2.98.